The Morgan fingerprint density at radius 2 is 1.62 bits per heavy atom. The van der Waals surface area contributed by atoms with Crippen LogP contribution < -0.4 is 24.8 Å². The molecular weight excluding hydrogens is 272 g/mol. The van der Waals surface area contributed by atoms with Crippen molar-refractivity contribution in [2.45, 2.75) is 31.7 Å². The molecule has 21 heavy (non-hydrogen) atoms. The van der Waals surface area contributed by atoms with Crippen LogP contribution in [0.15, 0.2) is 12.1 Å². The summed E-state index contributed by atoms with van der Waals surface area (Å²) >= 11 is 0. The fraction of sp³-hybridized carbons (Fsp3) is 0.533. The highest BCUT2D eigenvalue weighted by atomic mass is 16.5. The summed E-state index contributed by atoms with van der Waals surface area (Å²) in [6.45, 7) is 0. The van der Waals surface area contributed by atoms with Crippen molar-refractivity contribution in [3.63, 3.8) is 0 Å². The van der Waals surface area contributed by atoms with Gasteiger partial charge < -0.3 is 24.8 Å². The Labute approximate surface area is 124 Å². The van der Waals surface area contributed by atoms with Crippen LogP contribution in [0.1, 0.15) is 25.7 Å². The highest BCUT2D eigenvalue weighted by molar-refractivity contribution is 5.93. The van der Waals surface area contributed by atoms with Crippen molar-refractivity contribution >= 4 is 11.7 Å². The second-order valence-electron chi connectivity index (χ2n) is 4.99. The van der Waals surface area contributed by atoms with Gasteiger partial charge in [0.2, 0.25) is 0 Å². The van der Waals surface area contributed by atoms with E-state index in [0.29, 0.717) is 22.9 Å². The molecule has 2 rings (SSSR count). The molecule has 1 aromatic rings. The average molecular weight is 294 g/mol. The lowest BCUT2D eigenvalue weighted by Crippen LogP contribution is -2.36. The smallest absolute Gasteiger partial charge is 0.319 e. The first-order valence-electron chi connectivity index (χ1n) is 7.05. The number of hydrogen-bond acceptors (Lipinski definition) is 4. The maximum absolute atomic E-state index is 12.1. The molecule has 6 nitrogen and oxygen atoms in total. The molecule has 0 heterocycles. The van der Waals surface area contributed by atoms with Gasteiger partial charge in [-0.3, -0.25) is 0 Å². The summed E-state index contributed by atoms with van der Waals surface area (Å²) in [5.74, 6) is 1.59. The molecule has 1 aliphatic rings. The molecule has 0 radical (unpaired) electrons. The molecule has 0 atom stereocenters. The maximum Gasteiger partial charge on any atom is 0.319 e. The van der Waals surface area contributed by atoms with Gasteiger partial charge in [0, 0.05) is 18.2 Å². The second kappa shape index (κ2) is 7.06. The molecule has 1 fully saturated rings. The van der Waals surface area contributed by atoms with Gasteiger partial charge in [-0.15, -0.1) is 0 Å². The summed E-state index contributed by atoms with van der Waals surface area (Å²) < 4.78 is 15.8. The summed E-state index contributed by atoms with van der Waals surface area (Å²) in [6, 6.07) is 3.41. The summed E-state index contributed by atoms with van der Waals surface area (Å²) in [5.41, 5.74) is 0.497. The van der Waals surface area contributed by atoms with Crippen molar-refractivity contribution < 1.29 is 19.0 Å². The Bertz CT molecular complexity index is 473. The molecule has 1 aromatic carbocycles. The third-order valence-electron chi connectivity index (χ3n) is 3.64. The van der Waals surface area contributed by atoms with Crippen molar-refractivity contribution in [1.29, 1.82) is 0 Å². The van der Waals surface area contributed by atoms with Gasteiger partial charge in [0.1, 0.15) is 22.9 Å². The van der Waals surface area contributed by atoms with Crippen molar-refractivity contribution in [3.05, 3.63) is 12.1 Å². The van der Waals surface area contributed by atoms with E-state index in [1.54, 1.807) is 19.2 Å². The zero-order chi connectivity index (χ0) is 15.2. The van der Waals surface area contributed by atoms with Crippen molar-refractivity contribution in [2.24, 2.45) is 0 Å². The zero-order valence-electron chi connectivity index (χ0n) is 12.7. The van der Waals surface area contributed by atoms with Crippen LogP contribution in [0.5, 0.6) is 17.2 Å². The first-order valence-corrected chi connectivity index (χ1v) is 7.05. The first kappa shape index (κ1) is 15.3. The number of carbonyl (C=O) groups excluding carboxylic acids is 1. The molecule has 0 bridgehead atoms. The lowest BCUT2D eigenvalue weighted by Gasteiger charge is -2.17. The average Bonchev–Trinajstić information content (AvgIpc) is 3.00. The molecule has 116 valence electrons. The number of ether oxygens (including phenoxy) is 3. The minimum Gasteiger partial charge on any atom is -0.496 e. The highest BCUT2D eigenvalue weighted by Crippen LogP contribution is 2.38. The summed E-state index contributed by atoms with van der Waals surface area (Å²) in [6.07, 6.45) is 4.40. The van der Waals surface area contributed by atoms with Crippen molar-refractivity contribution in [3.8, 4) is 17.2 Å². The topological polar surface area (TPSA) is 68.8 Å². The number of benzene rings is 1. The van der Waals surface area contributed by atoms with Crippen LogP contribution in [0.4, 0.5) is 10.5 Å². The van der Waals surface area contributed by atoms with Gasteiger partial charge in [-0.25, -0.2) is 4.79 Å². The Morgan fingerprint density at radius 3 is 2.10 bits per heavy atom. The molecule has 0 spiro atoms. The van der Waals surface area contributed by atoms with Crippen LogP contribution in [0, 0.1) is 0 Å². The van der Waals surface area contributed by atoms with Crippen molar-refractivity contribution in [1.82, 2.24) is 5.32 Å². The van der Waals surface area contributed by atoms with Gasteiger partial charge in [-0.2, -0.15) is 0 Å². The van der Waals surface area contributed by atoms with E-state index < -0.39 is 0 Å². The predicted molar refractivity (Wildman–Crippen MR) is 80.5 cm³/mol. The van der Waals surface area contributed by atoms with E-state index in [2.05, 4.69) is 10.6 Å². The fourth-order valence-corrected chi connectivity index (χ4v) is 2.53. The van der Waals surface area contributed by atoms with Gasteiger partial charge >= 0.3 is 6.03 Å². The van der Waals surface area contributed by atoms with Gasteiger partial charge in [-0.1, -0.05) is 12.8 Å². The van der Waals surface area contributed by atoms with Gasteiger partial charge in [-0.05, 0) is 12.8 Å². The number of anilines is 1. The maximum atomic E-state index is 12.1. The normalized spacial score (nSPS) is 14.6. The highest BCUT2D eigenvalue weighted by Gasteiger charge is 2.20. The van der Waals surface area contributed by atoms with E-state index in [9.17, 15) is 4.79 Å². The molecule has 1 aliphatic carbocycles. The molecule has 0 aliphatic heterocycles. The van der Waals surface area contributed by atoms with Crippen LogP contribution >= 0.6 is 0 Å². The number of amides is 2. The number of urea groups is 1. The molecule has 6 heteroatoms. The Morgan fingerprint density at radius 1 is 1.05 bits per heavy atom. The molecule has 1 saturated carbocycles. The van der Waals surface area contributed by atoms with Crippen LogP contribution in [0.25, 0.3) is 0 Å². The van der Waals surface area contributed by atoms with E-state index >= 15 is 0 Å². The van der Waals surface area contributed by atoms with Gasteiger partial charge in [0.05, 0.1) is 21.3 Å². The Balaban J connectivity index is 2.15. The monoisotopic (exact) mass is 294 g/mol. The zero-order valence-corrected chi connectivity index (χ0v) is 12.7. The van der Waals surface area contributed by atoms with Crippen LogP contribution in [0.2, 0.25) is 0 Å². The fourth-order valence-electron chi connectivity index (χ4n) is 2.53. The Hall–Kier alpha value is -2.11. The molecule has 0 aromatic heterocycles. The first-order chi connectivity index (χ1) is 10.2. The molecule has 2 N–H and O–H groups in total. The third-order valence-corrected chi connectivity index (χ3v) is 3.64. The predicted octanol–water partition coefficient (Wildman–Crippen LogP) is 2.78. The van der Waals surface area contributed by atoms with Crippen LogP contribution in [-0.2, 0) is 0 Å². The number of methoxy groups -OCH3 is 3. The molecule has 0 unspecified atom stereocenters. The summed E-state index contributed by atoms with van der Waals surface area (Å²) in [4.78, 5) is 12.1. The Kier molecular flexibility index (Phi) is 5.14. The standard InChI is InChI=1S/C15H22N2O4/c1-19-11-8-12(20-2)14(13(9-11)21-3)17-15(18)16-10-6-4-5-7-10/h8-10H,4-7H2,1-3H3,(H2,16,17,18). The second-order valence-corrected chi connectivity index (χ2v) is 4.99. The minimum atomic E-state index is -0.247. The van der Waals surface area contributed by atoms with Gasteiger partial charge in [0.25, 0.3) is 0 Å². The van der Waals surface area contributed by atoms with E-state index in [0.717, 1.165) is 12.8 Å². The van der Waals surface area contributed by atoms with E-state index in [4.69, 9.17) is 14.2 Å². The number of hydrogen-bond donors (Lipinski definition) is 2. The summed E-state index contributed by atoms with van der Waals surface area (Å²) in [5, 5.41) is 5.77. The molecule has 2 amide bonds. The summed E-state index contributed by atoms with van der Waals surface area (Å²) in [7, 11) is 4.64. The van der Waals surface area contributed by atoms with E-state index in [1.807, 2.05) is 0 Å². The lowest BCUT2D eigenvalue weighted by atomic mass is 10.2. The molecular formula is C15H22N2O4. The van der Waals surface area contributed by atoms with E-state index in [1.165, 1.54) is 27.1 Å². The van der Waals surface area contributed by atoms with Crippen molar-refractivity contribution in [2.75, 3.05) is 26.6 Å². The number of nitrogens with one attached hydrogen (secondary N) is 2. The van der Waals surface area contributed by atoms with Crippen LogP contribution in [0.3, 0.4) is 0 Å². The SMILES string of the molecule is COc1cc(OC)c(NC(=O)NC2CCCC2)c(OC)c1. The minimum absolute atomic E-state index is 0.247. The number of carbonyl (C=O) groups is 1. The lowest BCUT2D eigenvalue weighted by molar-refractivity contribution is 0.248. The third kappa shape index (κ3) is 3.71. The van der Waals surface area contributed by atoms with E-state index in [-0.39, 0.29) is 12.1 Å². The van der Waals surface area contributed by atoms with Gasteiger partial charge in [0.15, 0.2) is 0 Å². The molecule has 0 saturated heterocycles. The quantitative estimate of drug-likeness (QED) is 0.876. The number of rotatable bonds is 5. The largest absolute Gasteiger partial charge is 0.496 e. The van der Waals surface area contributed by atoms with Crippen LogP contribution in [-0.4, -0.2) is 33.4 Å².